The molecule has 9 heteroatoms. The van der Waals surface area contributed by atoms with Crippen molar-refractivity contribution in [1.82, 2.24) is 14.7 Å². The summed E-state index contributed by atoms with van der Waals surface area (Å²) in [4.78, 5) is 26.4. The topological polar surface area (TPSA) is 79.3 Å². The highest BCUT2D eigenvalue weighted by Gasteiger charge is 2.22. The van der Waals surface area contributed by atoms with E-state index in [0.29, 0.717) is 21.6 Å². The molecule has 0 saturated carbocycles. The second-order valence-corrected chi connectivity index (χ2v) is 9.27. The number of rotatable bonds is 5. The highest BCUT2D eigenvalue weighted by molar-refractivity contribution is 6.30. The fourth-order valence-corrected chi connectivity index (χ4v) is 3.09. The zero-order chi connectivity index (χ0) is 23.5. The van der Waals surface area contributed by atoms with Gasteiger partial charge in [-0.25, -0.2) is 9.48 Å². The fraction of sp³-hybridized carbons (Fsp3) is 0.261. The van der Waals surface area contributed by atoms with Gasteiger partial charge in [0.05, 0.1) is 11.4 Å². The number of hydrogen-bond acceptors (Lipinski definition) is 3. The van der Waals surface area contributed by atoms with Gasteiger partial charge in [-0.3, -0.25) is 4.79 Å². The number of benzene rings is 2. The van der Waals surface area contributed by atoms with Crippen LogP contribution in [0.2, 0.25) is 10.0 Å². The molecule has 1 aromatic heterocycles. The summed E-state index contributed by atoms with van der Waals surface area (Å²) < 4.78 is 1.66. The number of aromatic nitrogens is 2. The number of likely N-dealkylation sites (N-methyl/N-ethyl adjacent to an activating group) is 1. The Morgan fingerprint density at radius 1 is 0.969 bits per heavy atom. The molecule has 0 radical (unpaired) electrons. The van der Waals surface area contributed by atoms with Crippen molar-refractivity contribution in [1.29, 1.82) is 0 Å². The van der Waals surface area contributed by atoms with Crippen molar-refractivity contribution >= 4 is 46.6 Å². The van der Waals surface area contributed by atoms with E-state index in [1.54, 1.807) is 48.1 Å². The minimum atomic E-state index is -0.413. The van der Waals surface area contributed by atoms with Crippen LogP contribution in [0.4, 0.5) is 16.3 Å². The van der Waals surface area contributed by atoms with E-state index < -0.39 is 6.03 Å². The fourth-order valence-electron chi connectivity index (χ4n) is 2.84. The molecule has 0 bridgehead atoms. The molecule has 32 heavy (non-hydrogen) atoms. The van der Waals surface area contributed by atoms with Crippen LogP contribution < -0.4 is 10.6 Å². The van der Waals surface area contributed by atoms with E-state index in [0.717, 1.165) is 11.4 Å². The number of amides is 3. The van der Waals surface area contributed by atoms with Gasteiger partial charge in [0, 0.05) is 34.3 Å². The van der Waals surface area contributed by atoms with Gasteiger partial charge < -0.3 is 15.5 Å². The lowest BCUT2D eigenvalue weighted by Gasteiger charge is -2.18. The third kappa shape index (κ3) is 6.02. The van der Waals surface area contributed by atoms with Gasteiger partial charge in [-0.1, -0.05) is 44.0 Å². The van der Waals surface area contributed by atoms with E-state index in [9.17, 15) is 9.59 Å². The molecular weight excluding hydrogens is 449 g/mol. The molecule has 0 saturated heterocycles. The summed E-state index contributed by atoms with van der Waals surface area (Å²) in [5, 5.41) is 11.4. The first-order chi connectivity index (χ1) is 15.0. The second-order valence-electron chi connectivity index (χ2n) is 8.39. The highest BCUT2D eigenvalue weighted by Crippen LogP contribution is 2.27. The van der Waals surface area contributed by atoms with Crippen LogP contribution in [0.15, 0.2) is 54.6 Å². The quantitative estimate of drug-likeness (QED) is 0.507. The molecule has 3 amide bonds. The summed E-state index contributed by atoms with van der Waals surface area (Å²) >= 11 is 11.9. The minimum Gasteiger partial charge on any atom is -0.318 e. The Kier molecular flexibility index (Phi) is 7.11. The van der Waals surface area contributed by atoms with Crippen LogP contribution in [0.25, 0.3) is 5.69 Å². The van der Waals surface area contributed by atoms with Gasteiger partial charge >= 0.3 is 6.03 Å². The average molecular weight is 474 g/mol. The standard InChI is InChI=1S/C23H25Cl2N5O2/c1-23(2,3)19-13-20(30(28-19)18-11-7-16(25)8-12-18)27-21(31)14-29(4)22(32)26-17-9-5-15(24)6-10-17/h5-13H,14H2,1-4H3,(H,26,32)(H,27,31). The van der Waals surface area contributed by atoms with Crippen LogP contribution >= 0.6 is 23.2 Å². The van der Waals surface area contributed by atoms with E-state index in [1.165, 1.54) is 4.90 Å². The second kappa shape index (κ2) is 9.63. The average Bonchev–Trinajstić information content (AvgIpc) is 3.14. The molecule has 0 fully saturated rings. The Hall–Kier alpha value is -3.03. The predicted molar refractivity (Wildman–Crippen MR) is 129 cm³/mol. The third-order valence-electron chi connectivity index (χ3n) is 4.64. The Morgan fingerprint density at radius 2 is 1.53 bits per heavy atom. The summed E-state index contributed by atoms with van der Waals surface area (Å²) in [6, 6.07) is 15.3. The number of hydrogen-bond donors (Lipinski definition) is 2. The van der Waals surface area contributed by atoms with E-state index in [4.69, 9.17) is 23.2 Å². The maximum Gasteiger partial charge on any atom is 0.322 e. The lowest BCUT2D eigenvalue weighted by atomic mass is 9.92. The molecule has 7 nitrogen and oxygen atoms in total. The molecular formula is C23H25Cl2N5O2. The molecule has 3 rings (SSSR count). The van der Waals surface area contributed by atoms with Crippen molar-refractivity contribution in [2.45, 2.75) is 26.2 Å². The Morgan fingerprint density at radius 3 is 2.09 bits per heavy atom. The van der Waals surface area contributed by atoms with Gasteiger partial charge in [0.1, 0.15) is 12.4 Å². The normalized spacial score (nSPS) is 11.2. The Labute approximate surface area is 197 Å². The number of nitrogens with one attached hydrogen (secondary N) is 2. The van der Waals surface area contributed by atoms with E-state index in [1.807, 2.05) is 39.0 Å². The zero-order valence-corrected chi connectivity index (χ0v) is 19.8. The summed E-state index contributed by atoms with van der Waals surface area (Å²) in [6.45, 7) is 5.99. The van der Waals surface area contributed by atoms with Crippen LogP contribution in [-0.4, -0.2) is 40.2 Å². The van der Waals surface area contributed by atoms with Crippen LogP contribution in [0.1, 0.15) is 26.5 Å². The smallest absolute Gasteiger partial charge is 0.318 e. The molecule has 2 N–H and O–H groups in total. The maximum absolute atomic E-state index is 12.7. The molecule has 0 aliphatic heterocycles. The number of carbonyl (C=O) groups excluding carboxylic acids is 2. The van der Waals surface area contributed by atoms with E-state index >= 15 is 0 Å². The number of urea groups is 1. The van der Waals surface area contributed by atoms with Crippen molar-refractivity contribution in [3.05, 3.63) is 70.3 Å². The van der Waals surface area contributed by atoms with E-state index in [-0.39, 0.29) is 17.9 Å². The van der Waals surface area contributed by atoms with Gasteiger partial charge in [-0.2, -0.15) is 5.10 Å². The number of carbonyl (C=O) groups is 2. The highest BCUT2D eigenvalue weighted by atomic mass is 35.5. The van der Waals surface area contributed by atoms with Crippen LogP contribution in [0, 0.1) is 0 Å². The SMILES string of the molecule is CN(CC(=O)Nc1cc(C(C)(C)C)nn1-c1ccc(Cl)cc1)C(=O)Nc1ccc(Cl)cc1. The number of anilines is 2. The third-order valence-corrected chi connectivity index (χ3v) is 5.14. The first-order valence-electron chi connectivity index (χ1n) is 9.97. The molecule has 2 aromatic carbocycles. The van der Waals surface area contributed by atoms with Gasteiger partial charge in [0.25, 0.3) is 0 Å². The molecule has 0 unspecified atom stereocenters. The summed E-state index contributed by atoms with van der Waals surface area (Å²) in [5.74, 6) is 0.156. The minimum absolute atomic E-state index is 0.143. The zero-order valence-electron chi connectivity index (χ0n) is 18.3. The van der Waals surface area contributed by atoms with Gasteiger partial charge in [-0.15, -0.1) is 0 Å². The summed E-state index contributed by atoms with van der Waals surface area (Å²) in [5.41, 5.74) is 1.94. The molecule has 0 aliphatic rings. The molecule has 0 spiro atoms. The maximum atomic E-state index is 12.7. The van der Waals surface area contributed by atoms with Crippen LogP contribution in [-0.2, 0) is 10.2 Å². The monoisotopic (exact) mass is 473 g/mol. The van der Waals surface area contributed by atoms with E-state index in [2.05, 4.69) is 15.7 Å². The van der Waals surface area contributed by atoms with Crippen molar-refractivity contribution in [2.24, 2.45) is 0 Å². The predicted octanol–water partition coefficient (Wildman–Crippen LogP) is 5.58. The van der Waals surface area contributed by atoms with Crippen molar-refractivity contribution < 1.29 is 9.59 Å². The lowest BCUT2D eigenvalue weighted by molar-refractivity contribution is -0.116. The van der Waals surface area contributed by atoms with Gasteiger partial charge in [0.15, 0.2) is 0 Å². The first kappa shape index (κ1) is 23.6. The molecule has 0 aliphatic carbocycles. The van der Waals surface area contributed by atoms with Crippen molar-refractivity contribution in [2.75, 3.05) is 24.2 Å². The number of nitrogens with zero attached hydrogens (tertiary/aromatic N) is 3. The number of halogens is 2. The van der Waals surface area contributed by atoms with Crippen LogP contribution in [0.3, 0.4) is 0 Å². The first-order valence-corrected chi connectivity index (χ1v) is 10.7. The molecule has 168 valence electrons. The Balaban J connectivity index is 1.73. The largest absolute Gasteiger partial charge is 0.322 e. The molecule has 1 heterocycles. The van der Waals surface area contributed by atoms with Crippen molar-refractivity contribution in [3.63, 3.8) is 0 Å². The van der Waals surface area contributed by atoms with Gasteiger partial charge in [0.2, 0.25) is 5.91 Å². The summed E-state index contributed by atoms with van der Waals surface area (Å²) in [7, 11) is 1.54. The van der Waals surface area contributed by atoms with Gasteiger partial charge in [-0.05, 0) is 48.5 Å². The van der Waals surface area contributed by atoms with Crippen LogP contribution in [0.5, 0.6) is 0 Å². The Bertz CT molecular complexity index is 1100. The molecule has 3 aromatic rings. The summed E-state index contributed by atoms with van der Waals surface area (Å²) in [6.07, 6.45) is 0. The van der Waals surface area contributed by atoms with Crippen molar-refractivity contribution in [3.8, 4) is 5.69 Å². The molecule has 0 atom stereocenters. The lowest BCUT2D eigenvalue weighted by Crippen LogP contribution is -2.37.